The smallest absolute Gasteiger partial charge is 0.199 e. The molecule has 0 aliphatic heterocycles. The molecule has 2 atom stereocenters. The molecule has 0 saturated heterocycles. The van der Waals surface area contributed by atoms with E-state index >= 15 is 0 Å². The Bertz CT molecular complexity index is 1090. The summed E-state index contributed by atoms with van der Waals surface area (Å²) in [5, 5.41) is 20.6. The molecule has 3 aromatic heterocycles. The lowest BCUT2D eigenvalue weighted by atomic mass is 10.2. The second-order valence-electron chi connectivity index (χ2n) is 7.64. The summed E-state index contributed by atoms with van der Waals surface area (Å²) in [7, 11) is 0. The van der Waals surface area contributed by atoms with Crippen molar-refractivity contribution in [1.82, 2.24) is 30.2 Å². The van der Waals surface area contributed by atoms with Gasteiger partial charge in [-0.1, -0.05) is 19.3 Å². The fourth-order valence-corrected chi connectivity index (χ4v) is 3.46. The highest BCUT2D eigenvalue weighted by Gasteiger charge is 2.23. The van der Waals surface area contributed by atoms with Crippen LogP contribution in [0.1, 0.15) is 52.7 Å². The minimum absolute atomic E-state index is 0.148. The Morgan fingerprint density at radius 2 is 2.12 bits per heavy atom. The lowest BCUT2D eigenvalue weighted by molar-refractivity contribution is 0.253. The summed E-state index contributed by atoms with van der Waals surface area (Å²) in [4.78, 5) is 9.13. The Morgan fingerprint density at radius 3 is 2.78 bits per heavy atom. The Morgan fingerprint density at radius 1 is 1.31 bits per heavy atom. The topological polar surface area (TPSA) is 137 Å². The molecule has 10 heteroatoms. The zero-order chi connectivity index (χ0) is 23.1. The second kappa shape index (κ2) is 10.9. The molecule has 0 bridgehead atoms. The third-order valence-corrected chi connectivity index (χ3v) is 4.97. The highest BCUT2D eigenvalue weighted by molar-refractivity contribution is 5.89. The van der Waals surface area contributed by atoms with E-state index in [0.29, 0.717) is 47.7 Å². The van der Waals surface area contributed by atoms with Crippen LogP contribution >= 0.6 is 0 Å². The van der Waals surface area contributed by atoms with E-state index in [-0.39, 0.29) is 5.82 Å². The van der Waals surface area contributed by atoms with E-state index in [1.807, 2.05) is 11.5 Å². The molecule has 3 rings (SSSR count). The van der Waals surface area contributed by atoms with Crippen molar-refractivity contribution in [2.24, 2.45) is 0 Å². The molecular formula is C22H31N7O3. The van der Waals surface area contributed by atoms with Gasteiger partial charge in [-0.2, -0.15) is 0 Å². The first kappa shape index (κ1) is 23.5. The molecule has 0 radical (unpaired) electrons. The lowest BCUT2D eigenvalue weighted by Gasteiger charge is -2.13. The van der Waals surface area contributed by atoms with E-state index in [0.717, 1.165) is 31.3 Å². The van der Waals surface area contributed by atoms with Crippen molar-refractivity contribution in [3.05, 3.63) is 11.9 Å². The van der Waals surface area contributed by atoms with E-state index in [1.54, 1.807) is 13.1 Å². The molecule has 0 spiro atoms. The van der Waals surface area contributed by atoms with Crippen LogP contribution in [0.5, 0.6) is 5.75 Å². The number of aliphatic hydroxyl groups is 1. The Balaban J connectivity index is 1.93. The minimum atomic E-state index is -0.784. The van der Waals surface area contributed by atoms with E-state index in [1.165, 1.54) is 0 Å². The third-order valence-electron chi connectivity index (χ3n) is 4.97. The SMILES string of the molecule is CCCC(C)NCCCOc1cnc(C#CC(C)O)c2nc(-c3nonc3N)n(CC)c12. The van der Waals surface area contributed by atoms with Gasteiger partial charge in [0.25, 0.3) is 0 Å². The molecule has 3 heterocycles. The van der Waals surface area contributed by atoms with Gasteiger partial charge in [0.1, 0.15) is 22.8 Å². The first-order valence-electron chi connectivity index (χ1n) is 11.0. The van der Waals surface area contributed by atoms with Gasteiger partial charge in [0.05, 0.1) is 12.8 Å². The number of hydrogen-bond acceptors (Lipinski definition) is 9. The number of ether oxygens (including phenoxy) is 1. The van der Waals surface area contributed by atoms with Crippen molar-refractivity contribution in [2.45, 2.75) is 65.6 Å². The number of fused-ring (bicyclic) bond motifs is 1. The molecule has 10 nitrogen and oxygen atoms in total. The quantitative estimate of drug-likeness (QED) is 0.320. The standard InChI is InChI=1S/C22H31N7O3/c1-5-8-14(3)24-11-7-12-31-17-13-25-16(10-9-15(4)30)18-20(17)29(6-2)22(26-18)19-21(23)28-32-27-19/h13-15,24,30H,5-8,11-12H2,1-4H3,(H2,23,28). The number of hydrogen-bond donors (Lipinski definition) is 3. The van der Waals surface area contributed by atoms with Crippen molar-refractivity contribution in [3.63, 3.8) is 0 Å². The first-order valence-corrected chi connectivity index (χ1v) is 11.0. The monoisotopic (exact) mass is 441 g/mol. The summed E-state index contributed by atoms with van der Waals surface area (Å²) >= 11 is 0. The highest BCUT2D eigenvalue weighted by atomic mass is 16.6. The highest BCUT2D eigenvalue weighted by Crippen LogP contribution is 2.33. The van der Waals surface area contributed by atoms with Gasteiger partial charge in [-0.3, -0.25) is 0 Å². The van der Waals surface area contributed by atoms with E-state index in [4.69, 9.17) is 20.1 Å². The molecule has 3 aromatic rings. The number of pyridine rings is 1. The summed E-state index contributed by atoms with van der Waals surface area (Å²) < 4.78 is 12.8. The fourth-order valence-electron chi connectivity index (χ4n) is 3.46. The van der Waals surface area contributed by atoms with Crippen LogP contribution in [0, 0.1) is 11.8 Å². The average molecular weight is 442 g/mol. The zero-order valence-corrected chi connectivity index (χ0v) is 19.1. The normalized spacial score (nSPS) is 13.0. The lowest BCUT2D eigenvalue weighted by Crippen LogP contribution is -2.27. The number of nitrogen functional groups attached to an aromatic ring is 1. The molecule has 0 aliphatic carbocycles. The van der Waals surface area contributed by atoms with Crippen molar-refractivity contribution in [3.8, 4) is 29.1 Å². The predicted octanol–water partition coefficient (Wildman–Crippen LogP) is 2.36. The van der Waals surface area contributed by atoms with Crippen LogP contribution in [0.4, 0.5) is 5.82 Å². The molecule has 0 aromatic carbocycles. The van der Waals surface area contributed by atoms with E-state index in [2.05, 4.69) is 46.3 Å². The van der Waals surface area contributed by atoms with Crippen molar-refractivity contribution < 1.29 is 14.5 Å². The molecule has 2 unspecified atom stereocenters. The van der Waals surface area contributed by atoms with Crippen molar-refractivity contribution >= 4 is 16.9 Å². The number of anilines is 1. The minimum Gasteiger partial charge on any atom is -0.490 e. The van der Waals surface area contributed by atoms with Crippen LogP contribution in [0.3, 0.4) is 0 Å². The maximum atomic E-state index is 9.57. The van der Waals surface area contributed by atoms with E-state index in [9.17, 15) is 5.11 Å². The van der Waals surface area contributed by atoms with Gasteiger partial charge in [0.15, 0.2) is 23.1 Å². The number of rotatable bonds is 10. The zero-order valence-electron chi connectivity index (χ0n) is 19.1. The summed E-state index contributed by atoms with van der Waals surface area (Å²) in [6, 6.07) is 0.491. The average Bonchev–Trinajstić information content (AvgIpc) is 3.35. The number of nitrogens with zero attached hydrogens (tertiary/aromatic N) is 5. The maximum Gasteiger partial charge on any atom is 0.199 e. The van der Waals surface area contributed by atoms with Crippen molar-refractivity contribution in [2.75, 3.05) is 18.9 Å². The molecular weight excluding hydrogens is 410 g/mol. The van der Waals surface area contributed by atoms with Gasteiger partial charge in [0.2, 0.25) is 0 Å². The number of nitrogens with two attached hydrogens (primary N) is 1. The molecule has 32 heavy (non-hydrogen) atoms. The summed E-state index contributed by atoms with van der Waals surface area (Å²) in [6.45, 7) is 9.93. The van der Waals surface area contributed by atoms with Gasteiger partial charge in [0, 0.05) is 12.6 Å². The van der Waals surface area contributed by atoms with Crippen molar-refractivity contribution in [1.29, 1.82) is 0 Å². The van der Waals surface area contributed by atoms with Gasteiger partial charge in [-0.05, 0) is 56.4 Å². The Hall–Kier alpha value is -3.16. The van der Waals surface area contributed by atoms with Crippen LogP contribution in [0.2, 0.25) is 0 Å². The van der Waals surface area contributed by atoms with Gasteiger partial charge >= 0.3 is 0 Å². The van der Waals surface area contributed by atoms with Gasteiger partial charge in [-0.25, -0.2) is 14.6 Å². The summed E-state index contributed by atoms with van der Waals surface area (Å²) in [6.07, 6.45) is 4.02. The third kappa shape index (κ3) is 5.36. The Kier molecular flexibility index (Phi) is 8.03. The maximum absolute atomic E-state index is 9.57. The predicted molar refractivity (Wildman–Crippen MR) is 122 cm³/mol. The summed E-state index contributed by atoms with van der Waals surface area (Å²) in [5.74, 6) is 6.86. The van der Waals surface area contributed by atoms with Crippen LogP contribution in [-0.4, -0.2) is 55.3 Å². The van der Waals surface area contributed by atoms with E-state index < -0.39 is 6.10 Å². The molecule has 0 saturated carbocycles. The number of aryl methyl sites for hydroxylation is 1. The molecule has 0 amide bonds. The van der Waals surface area contributed by atoms with Crippen LogP contribution < -0.4 is 15.8 Å². The fraction of sp³-hybridized carbons (Fsp3) is 0.545. The Labute approximate surface area is 187 Å². The number of aliphatic hydroxyl groups excluding tert-OH is 1. The number of imidazole rings is 1. The van der Waals surface area contributed by atoms with Gasteiger partial charge < -0.3 is 25.5 Å². The van der Waals surface area contributed by atoms with Crippen LogP contribution in [-0.2, 0) is 6.54 Å². The summed E-state index contributed by atoms with van der Waals surface area (Å²) in [5.41, 5.74) is 7.98. The molecule has 0 aliphatic rings. The number of nitrogens with one attached hydrogen (secondary N) is 1. The van der Waals surface area contributed by atoms with Crippen LogP contribution in [0.15, 0.2) is 10.8 Å². The molecule has 4 N–H and O–H groups in total. The molecule has 0 fully saturated rings. The molecule has 172 valence electrons. The van der Waals surface area contributed by atoms with Gasteiger partial charge in [-0.15, -0.1) is 0 Å². The largest absolute Gasteiger partial charge is 0.490 e. The number of aromatic nitrogens is 5. The second-order valence-corrected chi connectivity index (χ2v) is 7.64. The van der Waals surface area contributed by atoms with Crippen LogP contribution in [0.25, 0.3) is 22.6 Å². The first-order chi connectivity index (χ1) is 15.5.